The topological polar surface area (TPSA) is 115 Å². The lowest BCUT2D eigenvalue weighted by Crippen LogP contribution is -2.36. The number of carbonyl (C=O) groups is 3. The number of likely N-dealkylation sites (tertiary alicyclic amines) is 1. The number of rotatable bonds is 12. The van der Waals surface area contributed by atoms with Gasteiger partial charge in [0, 0.05) is 12.0 Å². The van der Waals surface area contributed by atoms with Crippen molar-refractivity contribution < 1.29 is 24.2 Å². The van der Waals surface area contributed by atoms with Crippen LogP contribution in [0.3, 0.4) is 0 Å². The van der Waals surface area contributed by atoms with E-state index in [0.29, 0.717) is 29.6 Å². The summed E-state index contributed by atoms with van der Waals surface area (Å²) >= 11 is 0. The van der Waals surface area contributed by atoms with Crippen molar-refractivity contribution in [2.75, 3.05) is 13.2 Å². The van der Waals surface area contributed by atoms with Gasteiger partial charge in [-0.1, -0.05) is 115 Å². The Labute approximate surface area is 318 Å². The molecular formula is C44H66N4O5. The molecule has 292 valence electrons. The van der Waals surface area contributed by atoms with Gasteiger partial charge in [0.05, 0.1) is 18.4 Å². The van der Waals surface area contributed by atoms with Crippen molar-refractivity contribution in [3.05, 3.63) is 47.5 Å². The highest BCUT2D eigenvalue weighted by atomic mass is 16.5. The molecule has 0 aliphatic carbocycles. The molecule has 1 aliphatic heterocycles. The minimum absolute atomic E-state index is 0.0399. The van der Waals surface area contributed by atoms with Crippen LogP contribution < -0.4 is 0 Å². The summed E-state index contributed by atoms with van der Waals surface area (Å²) in [7, 11) is 0. The van der Waals surface area contributed by atoms with Gasteiger partial charge in [-0.25, -0.2) is 0 Å². The van der Waals surface area contributed by atoms with E-state index in [-0.39, 0.29) is 64.7 Å². The highest BCUT2D eigenvalue weighted by Crippen LogP contribution is 2.49. The van der Waals surface area contributed by atoms with E-state index in [1.54, 1.807) is 6.07 Å². The standard InChI is InChI=1S/C44H66N4O5/c1-40(2,3)27-44(13,14)26-29(41(4,5)6)25-30-36(43(10,11)12)39(52)47(38(30)51)21-22-53-35(49)20-19-28-23-31(42(7,8)9)37(50)34(24-28)48-45-32-17-15-16-18-33(32)46-48/h15-18,23-24,29-30,36,50H,19-22,25-27H2,1-14H3. The molecule has 1 fully saturated rings. The maximum atomic E-state index is 14.1. The Kier molecular flexibility index (Phi) is 12.0. The molecular weight excluding hydrogens is 665 g/mol. The Morgan fingerprint density at radius 2 is 1.45 bits per heavy atom. The lowest BCUT2D eigenvalue weighted by Gasteiger charge is -2.42. The molecule has 1 N–H and O–H groups in total. The van der Waals surface area contributed by atoms with Gasteiger partial charge in [0.25, 0.3) is 0 Å². The van der Waals surface area contributed by atoms with Crippen LogP contribution in [-0.4, -0.2) is 55.9 Å². The molecule has 3 unspecified atom stereocenters. The molecule has 1 aliphatic rings. The minimum atomic E-state index is -0.441. The van der Waals surface area contributed by atoms with Crippen LogP contribution in [0.2, 0.25) is 0 Å². The van der Waals surface area contributed by atoms with Crippen LogP contribution in [-0.2, 0) is 31.0 Å². The van der Waals surface area contributed by atoms with Crippen molar-refractivity contribution in [2.45, 2.75) is 134 Å². The molecule has 9 heteroatoms. The van der Waals surface area contributed by atoms with Crippen LogP contribution in [0.15, 0.2) is 36.4 Å². The van der Waals surface area contributed by atoms with Gasteiger partial charge in [-0.2, -0.15) is 0 Å². The molecule has 2 amide bonds. The van der Waals surface area contributed by atoms with Gasteiger partial charge in [-0.15, -0.1) is 15.0 Å². The van der Waals surface area contributed by atoms with Gasteiger partial charge in [0.15, 0.2) is 0 Å². The predicted molar refractivity (Wildman–Crippen MR) is 212 cm³/mol. The summed E-state index contributed by atoms with van der Waals surface area (Å²) in [5.74, 6) is -1.27. The molecule has 9 nitrogen and oxygen atoms in total. The van der Waals surface area contributed by atoms with Crippen LogP contribution in [0.25, 0.3) is 16.7 Å². The van der Waals surface area contributed by atoms with Crippen LogP contribution in [0, 0.1) is 39.4 Å². The Bertz CT molecular complexity index is 1760. The summed E-state index contributed by atoms with van der Waals surface area (Å²) in [5, 5.41) is 20.4. The molecule has 0 radical (unpaired) electrons. The Morgan fingerprint density at radius 1 is 0.868 bits per heavy atom. The number of imide groups is 1. The number of esters is 1. The number of amides is 2. The van der Waals surface area contributed by atoms with Crippen molar-refractivity contribution in [3.8, 4) is 11.4 Å². The minimum Gasteiger partial charge on any atom is -0.505 e. The molecule has 0 saturated carbocycles. The van der Waals surface area contributed by atoms with E-state index in [0.717, 1.165) is 24.0 Å². The molecule has 3 atom stereocenters. The molecule has 2 aromatic carbocycles. The quantitative estimate of drug-likeness (QED) is 0.146. The Morgan fingerprint density at radius 3 is 1.96 bits per heavy atom. The third kappa shape index (κ3) is 10.5. The molecule has 4 rings (SSSR count). The number of fused-ring (bicyclic) bond motifs is 1. The van der Waals surface area contributed by atoms with Crippen molar-refractivity contribution in [1.29, 1.82) is 0 Å². The average molecular weight is 731 g/mol. The summed E-state index contributed by atoms with van der Waals surface area (Å²) in [5.41, 5.74) is 2.85. The number of aromatic hydroxyl groups is 1. The largest absolute Gasteiger partial charge is 0.505 e. The van der Waals surface area contributed by atoms with Crippen LogP contribution in [0.1, 0.15) is 134 Å². The highest BCUT2D eigenvalue weighted by molar-refractivity contribution is 6.05. The van der Waals surface area contributed by atoms with Gasteiger partial charge in [0.2, 0.25) is 11.8 Å². The van der Waals surface area contributed by atoms with E-state index < -0.39 is 23.2 Å². The SMILES string of the molecule is CC(C)(C)CC(C)(C)CC(CC1C(=O)N(CCOC(=O)CCc2cc(-n3nc4ccccc4n3)c(O)c(C(C)(C)C)c2)C(=O)C1C(C)(C)C)C(C)(C)C. The zero-order valence-electron chi connectivity index (χ0n) is 35.0. The molecule has 3 aromatic rings. The molecule has 1 saturated heterocycles. The van der Waals surface area contributed by atoms with Crippen molar-refractivity contribution in [1.82, 2.24) is 19.9 Å². The smallest absolute Gasteiger partial charge is 0.306 e. The third-order valence-corrected chi connectivity index (χ3v) is 10.7. The van der Waals surface area contributed by atoms with E-state index in [9.17, 15) is 19.5 Å². The van der Waals surface area contributed by atoms with Gasteiger partial charge < -0.3 is 9.84 Å². The number of hydrogen-bond acceptors (Lipinski definition) is 7. The maximum absolute atomic E-state index is 14.1. The van der Waals surface area contributed by atoms with Crippen LogP contribution >= 0.6 is 0 Å². The van der Waals surface area contributed by atoms with E-state index in [4.69, 9.17) is 4.74 Å². The lowest BCUT2D eigenvalue weighted by atomic mass is 9.62. The van der Waals surface area contributed by atoms with Crippen LogP contribution in [0.4, 0.5) is 0 Å². The highest BCUT2D eigenvalue weighted by Gasteiger charge is 2.53. The summed E-state index contributed by atoms with van der Waals surface area (Å²) < 4.78 is 5.64. The first kappa shape index (κ1) is 42.0. The van der Waals surface area contributed by atoms with Gasteiger partial charge in [0.1, 0.15) is 29.1 Å². The number of phenols is 1. The van der Waals surface area contributed by atoms with Crippen molar-refractivity contribution >= 4 is 28.8 Å². The zero-order chi connectivity index (χ0) is 39.9. The number of ether oxygens (including phenoxy) is 1. The van der Waals surface area contributed by atoms with E-state index in [2.05, 4.69) is 65.6 Å². The first-order chi connectivity index (χ1) is 24.2. The molecule has 0 bridgehead atoms. The number of nitrogens with zero attached hydrogens (tertiary/aromatic N) is 4. The number of aromatic nitrogens is 3. The Hall–Kier alpha value is -3.75. The second-order valence-electron chi connectivity index (χ2n) is 20.6. The van der Waals surface area contributed by atoms with Gasteiger partial charge >= 0.3 is 5.97 Å². The number of hydrogen-bond donors (Lipinski definition) is 1. The summed E-state index contributed by atoms with van der Waals surface area (Å²) in [4.78, 5) is 43.9. The summed E-state index contributed by atoms with van der Waals surface area (Å²) in [6.45, 7) is 30.4. The lowest BCUT2D eigenvalue weighted by molar-refractivity contribution is -0.148. The van der Waals surface area contributed by atoms with Crippen molar-refractivity contribution in [3.63, 3.8) is 0 Å². The number of phenolic OH excluding ortho intramolecular Hbond substituents is 1. The molecule has 2 heterocycles. The predicted octanol–water partition coefficient (Wildman–Crippen LogP) is 9.45. The van der Waals surface area contributed by atoms with E-state index in [1.165, 1.54) is 9.70 Å². The number of aryl methyl sites for hydroxylation is 1. The van der Waals surface area contributed by atoms with Crippen LogP contribution in [0.5, 0.6) is 5.75 Å². The fourth-order valence-corrected chi connectivity index (χ4v) is 8.53. The van der Waals surface area contributed by atoms with E-state index >= 15 is 0 Å². The average Bonchev–Trinajstić information content (AvgIpc) is 3.52. The molecule has 0 spiro atoms. The summed E-state index contributed by atoms with van der Waals surface area (Å²) in [6.07, 6.45) is 3.14. The Balaban J connectivity index is 1.45. The third-order valence-electron chi connectivity index (χ3n) is 10.7. The first-order valence-electron chi connectivity index (χ1n) is 19.4. The summed E-state index contributed by atoms with van der Waals surface area (Å²) in [6, 6.07) is 11.2. The second kappa shape index (κ2) is 15.2. The first-order valence-corrected chi connectivity index (χ1v) is 19.4. The fraction of sp³-hybridized carbons (Fsp3) is 0.659. The monoisotopic (exact) mass is 731 g/mol. The van der Waals surface area contributed by atoms with Gasteiger partial charge in [-0.05, 0) is 82.4 Å². The van der Waals surface area contributed by atoms with Crippen molar-refractivity contribution in [2.24, 2.45) is 39.4 Å². The zero-order valence-corrected chi connectivity index (χ0v) is 35.0. The maximum Gasteiger partial charge on any atom is 0.306 e. The second-order valence-corrected chi connectivity index (χ2v) is 20.6. The van der Waals surface area contributed by atoms with Gasteiger partial charge in [-0.3, -0.25) is 19.3 Å². The number of carbonyl (C=O) groups excluding carboxylic acids is 3. The van der Waals surface area contributed by atoms with E-state index in [1.807, 2.05) is 71.9 Å². The fourth-order valence-electron chi connectivity index (χ4n) is 8.53. The molecule has 53 heavy (non-hydrogen) atoms. The molecule has 1 aromatic heterocycles. The normalized spacial score (nSPS) is 18.3. The number of benzene rings is 2.